The van der Waals surface area contributed by atoms with Gasteiger partial charge in [0.05, 0.1) is 34.7 Å². The van der Waals surface area contributed by atoms with Gasteiger partial charge in [0.1, 0.15) is 16.9 Å². The Balaban J connectivity index is 1.29. The van der Waals surface area contributed by atoms with Crippen LogP contribution in [0.5, 0.6) is 6.01 Å². The lowest BCUT2D eigenvalue weighted by Crippen LogP contribution is -2.50. The Bertz CT molecular complexity index is 1500. The summed E-state index contributed by atoms with van der Waals surface area (Å²) in [6.07, 6.45) is 1.83. The van der Waals surface area contributed by atoms with Gasteiger partial charge in [0.2, 0.25) is 0 Å². The lowest BCUT2D eigenvalue weighted by Gasteiger charge is -2.36. The van der Waals surface area contributed by atoms with Gasteiger partial charge in [0.25, 0.3) is 0 Å². The van der Waals surface area contributed by atoms with Gasteiger partial charge < -0.3 is 24.0 Å². The average Bonchev–Trinajstić information content (AvgIpc) is 3.73. The monoisotopic (exact) mass is 664 g/mol. The molecule has 0 N–H and O–H groups in total. The van der Waals surface area contributed by atoms with Crippen molar-refractivity contribution in [2.75, 3.05) is 70.5 Å². The Hall–Kier alpha value is -2.54. The van der Waals surface area contributed by atoms with Crippen molar-refractivity contribution in [2.45, 2.75) is 39.2 Å². The van der Waals surface area contributed by atoms with E-state index in [9.17, 15) is 4.79 Å². The van der Waals surface area contributed by atoms with E-state index < -0.39 is 11.4 Å². The molecule has 3 fully saturated rings. The number of benzene rings is 1. The topological polar surface area (TPSA) is 93.2 Å². The van der Waals surface area contributed by atoms with E-state index in [0.29, 0.717) is 55.0 Å². The molecule has 6 rings (SSSR count). The number of fused-ring (bicyclic) bond motifs is 2. The molecular weight excluding hydrogens is 631 g/mol. The van der Waals surface area contributed by atoms with E-state index in [2.05, 4.69) is 35.7 Å². The van der Waals surface area contributed by atoms with E-state index in [4.69, 9.17) is 30.8 Å². The highest BCUT2D eigenvalue weighted by atomic mass is 79.9. The number of rotatable bonds is 6. The molecule has 226 valence electrons. The van der Waals surface area contributed by atoms with Crippen molar-refractivity contribution in [3.8, 4) is 6.01 Å². The number of piperazine rings is 1. The maximum Gasteiger partial charge on any atom is 0.410 e. The van der Waals surface area contributed by atoms with Crippen molar-refractivity contribution in [3.63, 3.8) is 0 Å². The number of anilines is 1. The van der Waals surface area contributed by atoms with E-state index in [0.717, 1.165) is 45.7 Å². The van der Waals surface area contributed by atoms with Crippen LogP contribution in [0.4, 0.5) is 15.0 Å². The van der Waals surface area contributed by atoms with Crippen molar-refractivity contribution >= 4 is 61.4 Å². The van der Waals surface area contributed by atoms with Crippen LogP contribution in [0.25, 0.3) is 21.9 Å². The summed E-state index contributed by atoms with van der Waals surface area (Å²) in [4.78, 5) is 33.0. The Morgan fingerprint density at radius 1 is 1.10 bits per heavy atom. The molecule has 1 saturated carbocycles. The first-order valence-corrected chi connectivity index (χ1v) is 15.5. The summed E-state index contributed by atoms with van der Waals surface area (Å²) in [6, 6.07) is 3.70. The molecule has 0 unspecified atom stereocenters. The zero-order valence-corrected chi connectivity index (χ0v) is 26.4. The second-order valence-corrected chi connectivity index (χ2v) is 13.6. The summed E-state index contributed by atoms with van der Waals surface area (Å²) >= 11 is 9.49. The van der Waals surface area contributed by atoms with E-state index in [-0.39, 0.29) is 32.5 Å². The second-order valence-electron chi connectivity index (χ2n) is 12.4. The maximum absolute atomic E-state index is 15.2. The van der Waals surface area contributed by atoms with Crippen LogP contribution in [-0.2, 0) is 9.47 Å². The molecule has 13 heteroatoms. The van der Waals surface area contributed by atoms with Gasteiger partial charge in [-0.05, 0) is 61.7 Å². The SMILES string of the molecule is CC(C)(C)OC(=O)N1CCN(c2nc(OCC3(CN4CCOCC4)CC3)nc3nc4c(F)c(Br)c(Cl)cc4cc23)CC1. The van der Waals surface area contributed by atoms with Crippen LogP contribution in [0, 0.1) is 11.2 Å². The van der Waals surface area contributed by atoms with E-state index in [1.165, 1.54) is 0 Å². The highest BCUT2D eigenvalue weighted by molar-refractivity contribution is 9.10. The number of halogens is 3. The number of pyridine rings is 1. The molecule has 3 aromatic rings. The summed E-state index contributed by atoms with van der Waals surface area (Å²) in [5.41, 5.74) is 0.000108. The minimum Gasteiger partial charge on any atom is -0.463 e. The second kappa shape index (κ2) is 11.5. The molecule has 1 aliphatic carbocycles. The molecule has 2 saturated heterocycles. The number of hydrogen-bond acceptors (Lipinski definition) is 9. The predicted molar refractivity (Wildman–Crippen MR) is 162 cm³/mol. The molecule has 0 radical (unpaired) electrons. The number of amides is 1. The number of aromatic nitrogens is 3. The number of carbonyl (C=O) groups excluding carboxylic acids is 1. The lowest BCUT2D eigenvalue weighted by molar-refractivity contribution is 0.0231. The fourth-order valence-electron chi connectivity index (χ4n) is 5.44. The molecule has 0 atom stereocenters. The van der Waals surface area contributed by atoms with Crippen molar-refractivity contribution in [1.82, 2.24) is 24.8 Å². The van der Waals surface area contributed by atoms with Crippen molar-refractivity contribution in [3.05, 3.63) is 27.4 Å². The quantitative estimate of drug-likeness (QED) is 0.258. The van der Waals surface area contributed by atoms with Crippen molar-refractivity contribution < 1.29 is 23.4 Å². The lowest BCUT2D eigenvalue weighted by atomic mass is 10.1. The first kappa shape index (κ1) is 29.5. The summed E-state index contributed by atoms with van der Waals surface area (Å²) < 4.78 is 32.7. The standard InChI is InChI=1S/C29H35BrClFN6O4/c1-28(2,3)42-27(39)38-8-6-37(7-9-38)25-19-14-18-15-20(31)21(30)22(32)23(18)33-24(19)34-26(35-25)41-17-29(4-5-29)16-36-10-12-40-13-11-36/h14-15H,4-13,16-17H2,1-3H3. The molecule has 4 heterocycles. The summed E-state index contributed by atoms with van der Waals surface area (Å²) in [5, 5.41) is 1.46. The van der Waals surface area contributed by atoms with Gasteiger partial charge in [0.15, 0.2) is 11.5 Å². The Labute approximate surface area is 257 Å². The first-order chi connectivity index (χ1) is 20.0. The van der Waals surface area contributed by atoms with Crippen LogP contribution in [-0.4, -0.2) is 102 Å². The molecule has 3 aliphatic rings. The number of carbonyl (C=O) groups is 1. The third kappa shape index (κ3) is 6.36. The van der Waals surface area contributed by atoms with E-state index in [1.807, 2.05) is 26.8 Å². The molecule has 2 aliphatic heterocycles. The molecule has 0 bridgehead atoms. The highest BCUT2D eigenvalue weighted by Crippen LogP contribution is 2.46. The first-order valence-electron chi connectivity index (χ1n) is 14.3. The summed E-state index contributed by atoms with van der Waals surface area (Å²) in [6.45, 7) is 12.4. The van der Waals surface area contributed by atoms with Gasteiger partial charge in [0, 0.05) is 56.6 Å². The van der Waals surface area contributed by atoms with Crippen molar-refractivity contribution in [2.24, 2.45) is 5.41 Å². The molecule has 1 amide bonds. The highest BCUT2D eigenvalue weighted by Gasteiger charge is 2.45. The smallest absolute Gasteiger partial charge is 0.410 e. The van der Waals surface area contributed by atoms with Gasteiger partial charge in [-0.15, -0.1) is 0 Å². The zero-order valence-electron chi connectivity index (χ0n) is 24.1. The minimum atomic E-state index is -0.567. The van der Waals surface area contributed by atoms with Crippen LogP contribution >= 0.6 is 27.5 Å². The van der Waals surface area contributed by atoms with Gasteiger partial charge in [-0.2, -0.15) is 9.97 Å². The van der Waals surface area contributed by atoms with Gasteiger partial charge in [-0.3, -0.25) is 4.90 Å². The Kier molecular flexibility index (Phi) is 8.10. The molecule has 0 spiro atoms. The summed E-state index contributed by atoms with van der Waals surface area (Å²) in [7, 11) is 0. The minimum absolute atomic E-state index is 0.0688. The van der Waals surface area contributed by atoms with Crippen molar-refractivity contribution in [1.29, 1.82) is 0 Å². The van der Waals surface area contributed by atoms with E-state index >= 15 is 4.39 Å². The molecule has 1 aromatic carbocycles. The number of hydrogen-bond donors (Lipinski definition) is 0. The molecule has 42 heavy (non-hydrogen) atoms. The average molecular weight is 666 g/mol. The normalized spacial score (nSPS) is 19.4. The van der Waals surface area contributed by atoms with Crippen LogP contribution in [0.1, 0.15) is 33.6 Å². The third-order valence-corrected chi connectivity index (χ3v) is 9.23. The van der Waals surface area contributed by atoms with Crippen LogP contribution < -0.4 is 9.64 Å². The Morgan fingerprint density at radius 2 is 1.81 bits per heavy atom. The zero-order chi connectivity index (χ0) is 29.6. The van der Waals surface area contributed by atoms with Gasteiger partial charge in [-0.25, -0.2) is 14.2 Å². The molecule has 10 nitrogen and oxygen atoms in total. The van der Waals surface area contributed by atoms with Gasteiger partial charge in [-0.1, -0.05) is 11.6 Å². The molecule has 2 aromatic heterocycles. The third-order valence-electron chi connectivity index (χ3n) is 7.93. The van der Waals surface area contributed by atoms with E-state index in [1.54, 1.807) is 11.0 Å². The van der Waals surface area contributed by atoms with Crippen LogP contribution in [0.15, 0.2) is 16.6 Å². The molecular formula is C29H35BrClFN6O4. The number of ether oxygens (including phenoxy) is 3. The van der Waals surface area contributed by atoms with Crippen LogP contribution in [0.3, 0.4) is 0 Å². The number of morpholine rings is 1. The fourth-order valence-corrected chi connectivity index (χ4v) is 5.94. The van der Waals surface area contributed by atoms with Gasteiger partial charge >= 0.3 is 12.1 Å². The van der Waals surface area contributed by atoms with Crippen LogP contribution in [0.2, 0.25) is 5.02 Å². The number of nitrogens with zero attached hydrogens (tertiary/aromatic N) is 6. The summed E-state index contributed by atoms with van der Waals surface area (Å²) in [5.74, 6) is 0.0844. The predicted octanol–water partition coefficient (Wildman–Crippen LogP) is 5.28. The largest absolute Gasteiger partial charge is 0.463 e. The Morgan fingerprint density at radius 3 is 2.48 bits per heavy atom. The maximum atomic E-state index is 15.2. The fraction of sp³-hybridized carbons (Fsp3) is 0.586.